The van der Waals surface area contributed by atoms with Crippen LogP contribution in [0.3, 0.4) is 0 Å². The van der Waals surface area contributed by atoms with E-state index in [9.17, 15) is 30.2 Å². The topological polar surface area (TPSA) is 153 Å². The van der Waals surface area contributed by atoms with Crippen molar-refractivity contribution in [3.05, 3.63) is 32.8 Å². The molecule has 0 fully saturated rings. The molecular formula is C11H13ClN2O7. The molecule has 0 radical (unpaired) electrons. The number of nitrogens with one attached hydrogen (secondary N) is 1. The van der Waals surface area contributed by atoms with E-state index in [1.165, 1.54) is 0 Å². The third-order valence-corrected chi connectivity index (χ3v) is 3.11. The summed E-state index contributed by atoms with van der Waals surface area (Å²) in [6.45, 7) is -2.15. The van der Waals surface area contributed by atoms with Crippen molar-refractivity contribution in [3.63, 3.8) is 0 Å². The molecule has 10 heteroatoms. The minimum Gasteiger partial charge on any atom is -0.478 e. The van der Waals surface area contributed by atoms with Crippen LogP contribution in [-0.4, -0.2) is 56.7 Å². The Morgan fingerprint density at radius 2 is 1.81 bits per heavy atom. The Balaban J connectivity index is 3.41. The SMILES string of the molecule is O=C(O)c1cc([N+](=O)[O-])cc(Cl)c1NC(CO)(CO)CO. The smallest absolute Gasteiger partial charge is 0.338 e. The fraction of sp³-hybridized carbons (Fsp3) is 0.364. The van der Waals surface area contributed by atoms with Crippen LogP contribution in [0.25, 0.3) is 0 Å². The molecule has 0 aromatic heterocycles. The second-order valence-corrected chi connectivity index (χ2v) is 4.70. The van der Waals surface area contributed by atoms with E-state index in [1.807, 2.05) is 0 Å². The van der Waals surface area contributed by atoms with Gasteiger partial charge in [0.2, 0.25) is 0 Å². The van der Waals surface area contributed by atoms with Crippen LogP contribution in [-0.2, 0) is 0 Å². The average Bonchev–Trinajstić information content (AvgIpc) is 2.45. The molecule has 116 valence electrons. The lowest BCUT2D eigenvalue weighted by Gasteiger charge is -2.30. The number of benzene rings is 1. The van der Waals surface area contributed by atoms with E-state index in [-0.39, 0.29) is 10.7 Å². The summed E-state index contributed by atoms with van der Waals surface area (Å²) >= 11 is 5.82. The second-order valence-electron chi connectivity index (χ2n) is 4.29. The van der Waals surface area contributed by atoms with Gasteiger partial charge in [0.15, 0.2) is 0 Å². The highest BCUT2D eigenvalue weighted by atomic mass is 35.5. The van der Waals surface area contributed by atoms with Gasteiger partial charge in [-0.2, -0.15) is 0 Å². The number of nitro benzene ring substituents is 1. The summed E-state index contributed by atoms with van der Waals surface area (Å²) < 4.78 is 0. The number of carbonyl (C=O) groups is 1. The summed E-state index contributed by atoms with van der Waals surface area (Å²) in [4.78, 5) is 21.1. The summed E-state index contributed by atoms with van der Waals surface area (Å²) in [5, 5.41) is 49.6. The number of aliphatic hydroxyl groups is 3. The number of anilines is 1. The minimum atomic E-state index is -1.62. The zero-order chi connectivity index (χ0) is 16.2. The normalized spacial score (nSPS) is 11.2. The van der Waals surface area contributed by atoms with E-state index in [0.717, 1.165) is 12.1 Å². The van der Waals surface area contributed by atoms with Crippen LogP contribution in [0.4, 0.5) is 11.4 Å². The summed E-state index contributed by atoms with van der Waals surface area (Å²) in [5.41, 5.74) is -2.91. The number of hydrogen-bond acceptors (Lipinski definition) is 7. The summed E-state index contributed by atoms with van der Waals surface area (Å²) in [6, 6.07) is 1.71. The lowest BCUT2D eigenvalue weighted by molar-refractivity contribution is -0.384. The molecule has 0 aliphatic rings. The standard InChI is InChI=1S/C11H13ClN2O7/c12-8-2-6(14(20)21)1-7(10(18)19)9(8)13-11(3-15,4-16)5-17/h1-2,13,15-17H,3-5H2,(H,18,19). The molecule has 0 bridgehead atoms. The Kier molecular flexibility index (Phi) is 5.44. The molecule has 0 saturated heterocycles. The molecule has 0 spiro atoms. The Morgan fingerprint density at radius 3 is 2.19 bits per heavy atom. The van der Waals surface area contributed by atoms with E-state index in [0.29, 0.717) is 0 Å². The molecule has 0 saturated carbocycles. The van der Waals surface area contributed by atoms with E-state index >= 15 is 0 Å². The number of rotatable bonds is 7. The third kappa shape index (κ3) is 3.58. The van der Waals surface area contributed by atoms with E-state index in [4.69, 9.17) is 16.7 Å². The van der Waals surface area contributed by atoms with Gasteiger partial charge in [0, 0.05) is 12.1 Å². The van der Waals surface area contributed by atoms with E-state index in [1.54, 1.807) is 0 Å². The Bertz CT molecular complexity index is 551. The van der Waals surface area contributed by atoms with Gasteiger partial charge in [-0.05, 0) is 0 Å². The van der Waals surface area contributed by atoms with Crippen molar-refractivity contribution in [2.24, 2.45) is 0 Å². The average molecular weight is 321 g/mol. The number of aliphatic hydroxyl groups excluding tert-OH is 3. The first-order valence-corrected chi connectivity index (χ1v) is 6.00. The van der Waals surface area contributed by atoms with Crippen molar-refractivity contribution < 1.29 is 30.1 Å². The van der Waals surface area contributed by atoms with Gasteiger partial charge in [-0.25, -0.2) is 4.79 Å². The number of hydrogen-bond donors (Lipinski definition) is 5. The minimum absolute atomic E-state index is 0.244. The predicted molar refractivity (Wildman–Crippen MR) is 72.7 cm³/mol. The predicted octanol–water partition coefficient (Wildman–Crippen LogP) is 0.0740. The van der Waals surface area contributed by atoms with Crippen molar-refractivity contribution in [2.45, 2.75) is 5.54 Å². The van der Waals surface area contributed by atoms with Crippen LogP contribution in [0.1, 0.15) is 10.4 Å². The van der Waals surface area contributed by atoms with Gasteiger partial charge in [0.1, 0.15) is 5.54 Å². The van der Waals surface area contributed by atoms with Gasteiger partial charge >= 0.3 is 5.97 Å². The number of carboxylic acids is 1. The Morgan fingerprint density at radius 1 is 1.29 bits per heavy atom. The fourth-order valence-electron chi connectivity index (χ4n) is 1.53. The number of carboxylic acid groups (broad SMARTS) is 1. The second kappa shape index (κ2) is 6.68. The first kappa shape index (κ1) is 17.1. The number of aromatic carboxylic acids is 1. The number of non-ortho nitro benzene ring substituents is 1. The number of nitro groups is 1. The monoisotopic (exact) mass is 320 g/mol. The van der Waals surface area contributed by atoms with E-state index in [2.05, 4.69) is 5.32 Å². The molecule has 0 heterocycles. The van der Waals surface area contributed by atoms with Crippen LogP contribution in [0.5, 0.6) is 0 Å². The van der Waals surface area contributed by atoms with Crippen molar-refractivity contribution in [1.29, 1.82) is 0 Å². The van der Waals surface area contributed by atoms with Crippen LogP contribution >= 0.6 is 11.6 Å². The van der Waals surface area contributed by atoms with Gasteiger partial charge < -0.3 is 25.7 Å². The van der Waals surface area contributed by atoms with Crippen LogP contribution < -0.4 is 5.32 Å². The summed E-state index contributed by atoms with van der Waals surface area (Å²) in [5.74, 6) is -1.49. The number of nitrogens with zero attached hydrogens (tertiary/aromatic N) is 1. The zero-order valence-electron chi connectivity index (χ0n) is 10.6. The maximum absolute atomic E-state index is 11.2. The lowest BCUT2D eigenvalue weighted by atomic mass is 10.0. The lowest BCUT2D eigenvalue weighted by Crippen LogP contribution is -2.49. The first-order chi connectivity index (χ1) is 9.80. The zero-order valence-corrected chi connectivity index (χ0v) is 11.4. The van der Waals surface area contributed by atoms with E-state index < -0.39 is 47.5 Å². The van der Waals surface area contributed by atoms with Crippen molar-refractivity contribution in [1.82, 2.24) is 0 Å². The quantitative estimate of drug-likeness (QED) is 0.349. The molecule has 9 nitrogen and oxygen atoms in total. The first-order valence-electron chi connectivity index (χ1n) is 5.62. The molecule has 0 aliphatic carbocycles. The maximum Gasteiger partial charge on any atom is 0.338 e. The van der Waals surface area contributed by atoms with Crippen molar-refractivity contribution >= 4 is 28.9 Å². The van der Waals surface area contributed by atoms with Gasteiger partial charge in [-0.1, -0.05) is 11.6 Å². The van der Waals surface area contributed by atoms with Gasteiger partial charge in [0.05, 0.1) is 41.0 Å². The Hall–Kier alpha value is -1.94. The molecule has 0 atom stereocenters. The molecule has 1 aromatic rings. The molecule has 1 rings (SSSR count). The maximum atomic E-state index is 11.2. The summed E-state index contributed by atoms with van der Waals surface area (Å²) in [6.07, 6.45) is 0. The molecule has 1 aromatic carbocycles. The molecule has 0 amide bonds. The van der Waals surface area contributed by atoms with Crippen molar-refractivity contribution in [3.8, 4) is 0 Å². The van der Waals surface area contributed by atoms with Crippen LogP contribution in [0, 0.1) is 10.1 Å². The Labute approximate surface area is 123 Å². The largest absolute Gasteiger partial charge is 0.478 e. The van der Waals surface area contributed by atoms with Crippen LogP contribution in [0.15, 0.2) is 12.1 Å². The molecule has 0 aliphatic heterocycles. The van der Waals surface area contributed by atoms with Gasteiger partial charge in [0.25, 0.3) is 5.69 Å². The molecule has 5 N–H and O–H groups in total. The van der Waals surface area contributed by atoms with Gasteiger partial charge in [-0.3, -0.25) is 10.1 Å². The molecular weight excluding hydrogens is 308 g/mol. The fourth-order valence-corrected chi connectivity index (χ4v) is 1.79. The highest BCUT2D eigenvalue weighted by molar-refractivity contribution is 6.34. The summed E-state index contributed by atoms with van der Waals surface area (Å²) in [7, 11) is 0. The third-order valence-electron chi connectivity index (χ3n) is 2.81. The molecule has 0 unspecified atom stereocenters. The highest BCUT2D eigenvalue weighted by Crippen LogP contribution is 2.33. The highest BCUT2D eigenvalue weighted by Gasteiger charge is 2.31. The molecule has 21 heavy (non-hydrogen) atoms. The van der Waals surface area contributed by atoms with Gasteiger partial charge in [-0.15, -0.1) is 0 Å². The van der Waals surface area contributed by atoms with Crippen molar-refractivity contribution in [2.75, 3.05) is 25.1 Å². The number of halogens is 1. The van der Waals surface area contributed by atoms with Crippen LogP contribution in [0.2, 0.25) is 5.02 Å².